The van der Waals surface area contributed by atoms with E-state index in [4.69, 9.17) is 0 Å². The first kappa shape index (κ1) is 13.0. The minimum absolute atomic E-state index is 0.0912. The molecule has 1 spiro atoms. The Morgan fingerprint density at radius 1 is 0.682 bits per heavy atom. The number of Topliss-reactive ketones (excluding diaryl/α,β-unsaturated/α-hetero) is 1. The highest BCUT2D eigenvalue weighted by atomic mass is 16.3. The Hall–Kier alpha value is -0.370. The van der Waals surface area contributed by atoms with Gasteiger partial charge in [0.25, 0.3) is 0 Å². The smallest absolute Gasteiger partial charge is 0.171 e. The molecule has 0 radical (unpaired) electrons. The maximum Gasteiger partial charge on any atom is 0.171 e. The van der Waals surface area contributed by atoms with E-state index >= 15 is 0 Å². The van der Waals surface area contributed by atoms with E-state index in [-0.39, 0.29) is 5.41 Å². The third-order valence-corrected chi connectivity index (χ3v) is 9.14. The van der Waals surface area contributed by atoms with Gasteiger partial charge in [-0.3, -0.25) is 4.79 Å². The first-order chi connectivity index (χ1) is 10.6. The van der Waals surface area contributed by atoms with E-state index < -0.39 is 5.60 Å². The quantitative estimate of drug-likeness (QED) is 0.742. The van der Waals surface area contributed by atoms with Crippen LogP contribution in [0, 0.1) is 46.8 Å². The van der Waals surface area contributed by atoms with Gasteiger partial charge in [0.15, 0.2) is 5.78 Å². The average Bonchev–Trinajstić information content (AvgIpc) is 2.54. The van der Waals surface area contributed by atoms with Gasteiger partial charge in [-0.05, 0) is 106 Å². The van der Waals surface area contributed by atoms with Crippen LogP contribution in [-0.4, -0.2) is 16.5 Å². The monoisotopic (exact) mass is 300 g/mol. The Morgan fingerprint density at radius 2 is 1.09 bits per heavy atom. The van der Waals surface area contributed by atoms with Gasteiger partial charge in [0.1, 0.15) is 5.60 Å². The third kappa shape index (κ3) is 1.33. The van der Waals surface area contributed by atoms with Gasteiger partial charge in [-0.15, -0.1) is 0 Å². The van der Waals surface area contributed by atoms with Crippen LogP contribution in [0.4, 0.5) is 0 Å². The second kappa shape index (κ2) is 3.82. The van der Waals surface area contributed by atoms with E-state index in [1.54, 1.807) is 0 Å². The van der Waals surface area contributed by atoms with Crippen molar-refractivity contribution in [3.63, 3.8) is 0 Å². The van der Waals surface area contributed by atoms with Gasteiger partial charge < -0.3 is 5.11 Å². The highest BCUT2D eigenvalue weighted by molar-refractivity contribution is 5.94. The van der Waals surface area contributed by atoms with Crippen LogP contribution in [0.1, 0.15) is 64.2 Å². The first-order valence-electron chi connectivity index (χ1n) is 9.85. The molecule has 0 aromatic carbocycles. The summed E-state index contributed by atoms with van der Waals surface area (Å²) in [7, 11) is 0. The summed E-state index contributed by atoms with van der Waals surface area (Å²) in [6.45, 7) is 0. The van der Waals surface area contributed by atoms with Crippen molar-refractivity contribution in [2.75, 3.05) is 0 Å². The predicted molar refractivity (Wildman–Crippen MR) is 83.0 cm³/mol. The fourth-order valence-corrected chi connectivity index (χ4v) is 9.10. The van der Waals surface area contributed by atoms with Crippen LogP contribution in [-0.2, 0) is 4.79 Å². The zero-order chi connectivity index (χ0) is 14.7. The number of carbonyl (C=O) groups is 1. The minimum Gasteiger partial charge on any atom is -0.382 e. The van der Waals surface area contributed by atoms with Gasteiger partial charge in [0.2, 0.25) is 0 Å². The van der Waals surface area contributed by atoms with E-state index in [9.17, 15) is 9.90 Å². The Morgan fingerprint density at radius 3 is 1.59 bits per heavy atom. The number of carbonyl (C=O) groups excluding carboxylic acids is 1. The molecule has 22 heavy (non-hydrogen) atoms. The lowest BCUT2D eigenvalue weighted by atomic mass is 9.40. The molecule has 0 saturated heterocycles. The van der Waals surface area contributed by atoms with Gasteiger partial charge in [-0.1, -0.05) is 0 Å². The standard InChI is InChI=1S/C20H28O2/c21-18-19(22)9-13-2-14(10-19)8-17(7-13)20(18)15-3-11-1-12(5-15)6-16(20)4-11/h11-17,22H,1-10H2/t11?,12?,13-,14+,15?,16?,17?,19?,20?. The van der Waals surface area contributed by atoms with E-state index in [2.05, 4.69) is 0 Å². The zero-order valence-electron chi connectivity index (χ0n) is 13.5. The fraction of sp³-hybridized carbons (Fsp3) is 0.950. The van der Waals surface area contributed by atoms with Crippen molar-refractivity contribution in [2.24, 2.45) is 46.8 Å². The Bertz CT molecular complexity index is 508. The second-order valence-electron chi connectivity index (χ2n) is 10.1. The Balaban J connectivity index is 1.54. The molecule has 8 fully saturated rings. The summed E-state index contributed by atoms with van der Waals surface area (Å²) in [5.41, 5.74) is -1.03. The number of ketones is 1. The molecule has 0 aliphatic heterocycles. The molecule has 2 nitrogen and oxygen atoms in total. The van der Waals surface area contributed by atoms with Gasteiger partial charge >= 0.3 is 0 Å². The number of hydrogen-bond acceptors (Lipinski definition) is 2. The van der Waals surface area contributed by atoms with Gasteiger partial charge in [0, 0.05) is 5.41 Å². The maximum absolute atomic E-state index is 13.8. The topological polar surface area (TPSA) is 37.3 Å². The molecule has 8 aliphatic carbocycles. The minimum atomic E-state index is -0.936. The van der Waals surface area contributed by atoms with E-state index in [1.807, 2.05) is 0 Å². The maximum atomic E-state index is 13.8. The number of hydrogen-bond donors (Lipinski definition) is 1. The van der Waals surface area contributed by atoms with Crippen molar-refractivity contribution in [3.05, 3.63) is 0 Å². The number of rotatable bonds is 0. The van der Waals surface area contributed by atoms with E-state index in [1.165, 1.54) is 51.4 Å². The lowest BCUT2D eigenvalue weighted by molar-refractivity contribution is -0.181. The van der Waals surface area contributed by atoms with Gasteiger partial charge in [-0.25, -0.2) is 0 Å². The van der Waals surface area contributed by atoms with Crippen LogP contribution in [0.3, 0.4) is 0 Å². The summed E-state index contributed by atoms with van der Waals surface area (Å²) < 4.78 is 0. The molecule has 2 unspecified atom stereocenters. The van der Waals surface area contributed by atoms with Crippen molar-refractivity contribution >= 4 is 5.78 Å². The predicted octanol–water partition coefficient (Wildman–Crippen LogP) is 3.57. The molecular weight excluding hydrogens is 272 g/mol. The summed E-state index contributed by atoms with van der Waals surface area (Å²) >= 11 is 0. The lowest BCUT2D eigenvalue weighted by Gasteiger charge is -2.63. The third-order valence-electron chi connectivity index (χ3n) is 9.14. The van der Waals surface area contributed by atoms with Crippen molar-refractivity contribution in [1.29, 1.82) is 0 Å². The van der Waals surface area contributed by atoms with Crippen molar-refractivity contribution in [2.45, 2.75) is 69.8 Å². The van der Waals surface area contributed by atoms with Crippen molar-refractivity contribution < 1.29 is 9.90 Å². The fourth-order valence-electron chi connectivity index (χ4n) is 9.10. The molecule has 0 amide bonds. The SMILES string of the molecule is O=C1C2(O)C[C@@H]3CC(C[C@@H](C3)C2)C12C1CC3CC(C1)CC2C3. The highest BCUT2D eigenvalue weighted by Crippen LogP contribution is 2.71. The van der Waals surface area contributed by atoms with Crippen LogP contribution in [0.15, 0.2) is 0 Å². The lowest BCUT2D eigenvalue weighted by Crippen LogP contribution is -2.63. The molecule has 8 bridgehead atoms. The van der Waals surface area contributed by atoms with E-state index in [0.717, 1.165) is 24.7 Å². The summed E-state index contributed by atoms with van der Waals surface area (Å²) in [4.78, 5) is 13.8. The normalized spacial score (nSPS) is 64.6. The summed E-state index contributed by atoms with van der Waals surface area (Å²) in [6.07, 6.45) is 12.1. The molecule has 8 rings (SSSR count). The first-order valence-corrected chi connectivity index (χ1v) is 9.85. The molecule has 1 N–H and O–H groups in total. The molecule has 0 aromatic heterocycles. The van der Waals surface area contributed by atoms with Crippen LogP contribution in [0.2, 0.25) is 0 Å². The van der Waals surface area contributed by atoms with Crippen molar-refractivity contribution in [3.8, 4) is 0 Å². The van der Waals surface area contributed by atoms with Gasteiger partial charge in [0.05, 0.1) is 0 Å². The molecule has 0 aromatic rings. The van der Waals surface area contributed by atoms with Crippen LogP contribution < -0.4 is 0 Å². The molecule has 8 saturated carbocycles. The number of aliphatic hydroxyl groups is 1. The molecule has 4 atom stereocenters. The average molecular weight is 300 g/mol. The molecule has 2 heteroatoms. The molecular formula is C20H28O2. The van der Waals surface area contributed by atoms with Crippen LogP contribution in [0.5, 0.6) is 0 Å². The highest BCUT2D eigenvalue weighted by Gasteiger charge is 2.70. The Labute approximate surface area is 133 Å². The second-order valence-corrected chi connectivity index (χ2v) is 10.1. The van der Waals surface area contributed by atoms with Crippen LogP contribution >= 0.6 is 0 Å². The summed E-state index contributed by atoms with van der Waals surface area (Å²) in [6, 6.07) is 0. The van der Waals surface area contributed by atoms with Gasteiger partial charge in [-0.2, -0.15) is 0 Å². The zero-order valence-corrected chi connectivity index (χ0v) is 13.5. The summed E-state index contributed by atoms with van der Waals surface area (Å²) in [5.74, 6) is 5.33. The van der Waals surface area contributed by atoms with Crippen LogP contribution in [0.25, 0.3) is 0 Å². The molecule has 8 aliphatic rings. The van der Waals surface area contributed by atoms with E-state index in [0.29, 0.717) is 35.4 Å². The Kier molecular flexibility index (Phi) is 2.25. The van der Waals surface area contributed by atoms with Crippen molar-refractivity contribution in [1.82, 2.24) is 0 Å². The molecule has 120 valence electrons. The largest absolute Gasteiger partial charge is 0.382 e. The summed E-state index contributed by atoms with van der Waals surface area (Å²) in [5, 5.41) is 11.3. The molecule has 0 heterocycles.